The summed E-state index contributed by atoms with van der Waals surface area (Å²) in [6.45, 7) is 0.891. The number of nitrogens with one attached hydrogen (secondary N) is 1. The van der Waals surface area contributed by atoms with Crippen LogP contribution in [0.2, 0.25) is 5.02 Å². The Morgan fingerprint density at radius 2 is 2.00 bits per heavy atom. The average molecular weight is 363 g/mol. The predicted molar refractivity (Wildman–Crippen MR) is 96.4 cm³/mol. The van der Waals surface area contributed by atoms with Gasteiger partial charge < -0.3 is 5.32 Å². The van der Waals surface area contributed by atoms with Crippen molar-refractivity contribution in [1.29, 1.82) is 0 Å². The number of sulfone groups is 1. The molecule has 4 rings (SSSR count). The lowest BCUT2D eigenvalue weighted by atomic mass is 9.80. The van der Waals surface area contributed by atoms with Crippen molar-refractivity contribution in [2.75, 3.05) is 18.1 Å². The summed E-state index contributed by atoms with van der Waals surface area (Å²) >= 11 is 6.80. The van der Waals surface area contributed by atoms with Crippen LogP contribution in [-0.4, -0.2) is 26.2 Å². The molecule has 0 radical (unpaired) electrons. The maximum atomic E-state index is 11.8. The van der Waals surface area contributed by atoms with E-state index in [4.69, 9.17) is 11.6 Å². The fraction of sp³-hybridized carbons (Fsp3) is 0.389. The Morgan fingerprint density at radius 3 is 2.71 bits per heavy atom. The van der Waals surface area contributed by atoms with Crippen molar-refractivity contribution in [3.8, 4) is 11.1 Å². The van der Waals surface area contributed by atoms with Crippen molar-refractivity contribution in [3.63, 3.8) is 0 Å². The summed E-state index contributed by atoms with van der Waals surface area (Å²) < 4.78 is 23.7. The van der Waals surface area contributed by atoms with Gasteiger partial charge in [0.25, 0.3) is 0 Å². The third kappa shape index (κ3) is 2.42. The summed E-state index contributed by atoms with van der Waals surface area (Å²) in [5, 5.41) is 4.10. The minimum atomic E-state index is -3.26. The topological polar surface area (TPSA) is 59.1 Å². The fourth-order valence-electron chi connectivity index (χ4n) is 4.02. The van der Waals surface area contributed by atoms with Crippen LogP contribution in [0.25, 0.3) is 11.1 Å². The van der Waals surface area contributed by atoms with Crippen LogP contribution in [-0.2, 0) is 15.3 Å². The molecule has 6 heteroatoms. The molecule has 2 aromatic rings. The van der Waals surface area contributed by atoms with Crippen LogP contribution >= 0.6 is 11.6 Å². The lowest BCUT2D eigenvalue weighted by Crippen LogP contribution is -2.24. The Kier molecular flexibility index (Phi) is 3.62. The summed E-state index contributed by atoms with van der Waals surface area (Å²) in [7, 11) is -3.26. The Hall–Kier alpha value is -1.59. The van der Waals surface area contributed by atoms with Crippen molar-refractivity contribution in [2.24, 2.45) is 0 Å². The van der Waals surface area contributed by atoms with E-state index in [9.17, 15) is 8.42 Å². The molecule has 0 bridgehead atoms. The van der Waals surface area contributed by atoms with Crippen molar-refractivity contribution in [3.05, 3.63) is 41.0 Å². The molecular weight excluding hydrogens is 344 g/mol. The van der Waals surface area contributed by atoms with Gasteiger partial charge in [-0.3, -0.25) is 0 Å². The van der Waals surface area contributed by atoms with Gasteiger partial charge >= 0.3 is 0 Å². The fourth-order valence-corrected chi connectivity index (χ4v) is 5.14. The molecule has 1 aromatic carbocycles. The number of anilines is 1. The summed E-state index contributed by atoms with van der Waals surface area (Å²) in [5.41, 5.74) is 2.79. The van der Waals surface area contributed by atoms with E-state index >= 15 is 0 Å². The van der Waals surface area contributed by atoms with E-state index in [1.165, 1.54) is 19.1 Å². The number of pyridine rings is 1. The number of hydrogen-bond acceptors (Lipinski definition) is 4. The minimum absolute atomic E-state index is 0.0872. The Morgan fingerprint density at radius 1 is 1.25 bits per heavy atom. The van der Waals surface area contributed by atoms with E-state index in [2.05, 4.69) is 10.3 Å². The van der Waals surface area contributed by atoms with Crippen molar-refractivity contribution < 1.29 is 8.42 Å². The maximum absolute atomic E-state index is 11.8. The summed E-state index contributed by atoms with van der Waals surface area (Å²) in [4.78, 5) is 4.86. The van der Waals surface area contributed by atoms with Crippen molar-refractivity contribution in [1.82, 2.24) is 4.98 Å². The second-order valence-electron chi connectivity index (χ2n) is 6.85. The largest absolute Gasteiger partial charge is 0.369 e. The number of nitrogens with zero attached hydrogens (tertiary/aromatic N) is 1. The summed E-state index contributed by atoms with van der Waals surface area (Å²) in [6, 6.07) is 6.91. The van der Waals surface area contributed by atoms with Gasteiger partial charge in [0.15, 0.2) is 9.84 Å². The number of benzene rings is 1. The molecule has 1 aliphatic heterocycles. The van der Waals surface area contributed by atoms with Gasteiger partial charge in [-0.2, -0.15) is 0 Å². The zero-order valence-electron chi connectivity index (χ0n) is 13.5. The highest BCUT2D eigenvalue weighted by Gasteiger charge is 2.44. The van der Waals surface area contributed by atoms with E-state index in [1.807, 2.05) is 6.07 Å². The second-order valence-corrected chi connectivity index (χ2v) is 9.24. The average Bonchev–Trinajstić information content (AvgIpc) is 3.16. The Labute approximate surface area is 147 Å². The molecule has 0 unspecified atom stereocenters. The zero-order chi connectivity index (χ0) is 16.9. The van der Waals surface area contributed by atoms with Crippen LogP contribution in [0.3, 0.4) is 0 Å². The number of hydrogen-bond donors (Lipinski definition) is 1. The molecule has 1 aromatic heterocycles. The monoisotopic (exact) mass is 362 g/mol. The number of rotatable bonds is 2. The highest BCUT2D eigenvalue weighted by Crippen LogP contribution is 2.51. The molecule has 2 heterocycles. The molecule has 126 valence electrons. The molecule has 1 spiro atoms. The van der Waals surface area contributed by atoms with E-state index in [-0.39, 0.29) is 5.41 Å². The normalized spacial score (nSPS) is 18.6. The van der Waals surface area contributed by atoms with Crippen LogP contribution in [0.1, 0.15) is 31.2 Å². The third-order valence-electron chi connectivity index (χ3n) is 5.27. The molecule has 0 amide bonds. The lowest BCUT2D eigenvalue weighted by Gasteiger charge is -2.24. The number of aromatic nitrogens is 1. The standard InChI is InChI=1S/C18H19ClN2O2S/c1-24(22,23)13-6-4-5-12(9-13)14-10-20-17-15(16(14)19)18(11-21-17)7-2-3-8-18/h4-6,9-10H,2-3,7-8,11H2,1H3,(H,20,21). The highest BCUT2D eigenvalue weighted by atomic mass is 35.5. The molecular formula is C18H19ClN2O2S. The number of halogens is 1. The predicted octanol–water partition coefficient (Wildman–Crippen LogP) is 4.04. The first-order chi connectivity index (χ1) is 11.4. The van der Waals surface area contributed by atoms with Gasteiger partial charge in [0.2, 0.25) is 0 Å². The first-order valence-electron chi connectivity index (χ1n) is 8.14. The van der Waals surface area contributed by atoms with E-state index in [0.29, 0.717) is 9.92 Å². The van der Waals surface area contributed by atoms with Crippen LogP contribution in [0, 0.1) is 0 Å². The van der Waals surface area contributed by atoms with Gasteiger partial charge in [-0.25, -0.2) is 13.4 Å². The molecule has 1 N–H and O–H groups in total. The van der Waals surface area contributed by atoms with Gasteiger partial charge in [0.05, 0.1) is 9.92 Å². The van der Waals surface area contributed by atoms with Gasteiger partial charge in [-0.1, -0.05) is 36.6 Å². The van der Waals surface area contributed by atoms with Gasteiger partial charge in [0.1, 0.15) is 5.82 Å². The lowest BCUT2D eigenvalue weighted by molar-refractivity contribution is 0.489. The highest BCUT2D eigenvalue weighted by molar-refractivity contribution is 7.90. The zero-order valence-corrected chi connectivity index (χ0v) is 15.0. The smallest absolute Gasteiger partial charge is 0.175 e. The molecule has 2 aliphatic rings. The Bertz CT molecular complexity index is 919. The third-order valence-corrected chi connectivity index (χ3v) is 6.78. The Balaban J connectivity index is 1.87. The molecule has 1 fully saturated rings. The van der Waals surface area contributed by atoms with E-state index in [0.717, 1.165) is 41.9 Å². The summed E-state index contributed by atoms with van der Waals surface area (Å²) in [5.74, 6) is 0.880. The van der Waals surface area contributed by atoms with Gasteiger partial charge in [0, 0.05) is 35.5 Å². The van der Waals surface area contributed by atoms with Gasteiger partial charge in [-0.05, 0) is 30.5 Å². The molecule has 0 saturated heterocycles. The van der Waals surface area contributed by atoms with E-state index in [1.54, 1.807) is 24.4 Å². The maximum Gasteiger partial charge on any atom is 0.175 e. The molecule has 4 nitrogen and oxygen atoms in total. The quantitative estimate of drug-likeness (QED) is 0.875. The SMILES string of the molecule is CS(=O)(=O)c1cccc(-c2cnc3c(c2Cl)C2(CCCC2)CN3)c1. The van der Waals surface area contributed by atoms with Crippen LogP contribution in [0.15, 0.2) is 35.4 Å². The first kappa shape index (κ1) is 15.9. The molecule has 0 atom stereocenters. The van der Waals surface area contributed by atoms with Gasteiger partial charge in [-0.15, -0.1) is 0 Å². The van der Waals surface area contributed by atoms with Crippen molar-refractivity contribution >= 4 is 27.3 Å². The van der Waals surface area contributed by atoms with Crippen LogP contribution in [0.4, 0.5) is 5.82 Å². The van der Waals surface area contributed by atoms with Crippen LogP contribution < -0.4 is 5.32 Å². The van der Waals surface area contributed by atoms with E-state index < -0.39 is 9.84 Å². The first-order valence-corrected chi connectivity index (χ1v) is 10.4. The van der Waals surface area contributed by atoms with Crippen molar-refractivity contribution in [2.45, 2.75) is 36.0 Å². The minimum Gasteiger partial charge on any atom is -0.369 e. The molecule has 1 saturated carbocycles. The molecule has 1 aliphatic carbocycles. The molecule has 24 heavy (non-hydrogen) atoms. The van der Waals surface area contributed by atoms with Crippen LogP contribution in [0.5, 0.6) is 0 Å². The second kappa shape index (κ2) is 5.46. The summed E-state index contributed by atoms with van der Waals surface area (Å²) in [6.07, 6.45) is 7.63. The number of fused-ring (bicyclic) bond motifs is 2.